The van der Waals surface area contributed by atoms with Crippen molar-refractivity contribution >= 4 is 27.4 Å². The second-order valence-electron chi connectivity index (χ2n) is 8.59. The number of carboxylic acids is 1. The van der Waals surface area contributed by atoms with Crippen molar-refractivity contribution in [3.8, 4) is 5.75 Å². The third kappa shape index (κ3) is 6.29. The van der Waals surface area contributed by atoms with Gasteiger partial charge in [-0.05, 0) is 43.7 Å². The topological polar surface area (TPSA) is 87.2 Å². The summed E-state index contributed by atoms with van der Waals surface area (Å²) in [7, 11) is -3.40. The summed E-state index contributed by atoms with van der Waals surface area (Å²) in [4.78, 5) is 11.7. The van der Waals surface area contributed by atoms with Gasteiger partial charge in [-0.3, -0.25) is 4.79 Å². The summed E-state index contributed by atoms with van der Waals surface area (Å²) in [6, 6.07) is 4.66. The molecular formula is C23H24F6N2O5S. The molecule has 1 N–H and O–H groups in total. The third-order valence-electron chi connectivity index (χ3n) is 5.99. The largest absolute Gasteiger partial charge is 0.492 e. The number of sulfonamides is 1. The molecule has 7 nitrogen and oxygen atoms in total. The minimum Gasteiger partial charge on any atom is -0.492 e. The lowest BCUT2D eigenvalue weighted by Crippen LogP contribution is -2.41. The highest BCUT2D eigenvalue weighted by Crippen LogP contribution is 2.45. The molecule has 0 bridgehead atoms. The molecule has 0 aliphatic carbocycles. The summed E-state index contributed by atoms with van der Waals surface area (Å²) in [5, 5.41) is 9.04. The Labute approximate surface area is 209 Å². The maximum Gasteiger partial charge on any atom is 0.420 e. The molecule has 0 spiro atoms. The van der Waals surface area contributed by atoms with Crippen LogP contribution < -0.4 is 9.64 Å². The van der Waals surface area contributed by atoms with E-state index in [1.165, 1.54) is 24.0 Å². The SMILES string of the molecule is C[C@H](COc1cc2c(cc1C(F)(F)F)N(c1ccc(F)cc1)C[C@@H](CCC(F)F)N(C)S2(=O)=O)C(=O)O. The van der Waals surface area contributed by atoms with E-state index in [9.17, 15) is 39.6 Å². The van der Waals surface area contributed by atoms with Crippen molar-refractivity contribution < 1.29 is 49.4 Å². The first kappa shape index (κ1) is 28.6. The number of fused-ring (bicyclic) bond motifs is 1. The Bertz CT molecular complexity index is 1240. The Balaban J connectivity index is 2.25. The Hall–Kier alpha value is -3.00. The second-order valence-corrected chi connectivity index (χ2v) is 10.6. The third-order valence-corrected chi connectivity index (χ3v) is 7.93. The number of rotatable bonds is 8. The number of benzene rings is 2. The van der Waals surface area contributed by atoms with Gasteiger partial charge in [-0.15, -0.1) is 0 Å². The van der Waals surface area contributed by atoms with Gasteiger partial charge in [0.1, 0.15) is 23.1 Å². The van der Waals surface area contributed by atoms with E-state index in [0.29, 0.717) is 12.1 Å². The van der Waals surface area contributed by atoms with E-state index < -0.39 is 81.3 Å². The normalized spacial score (nSPS) is 18.8. The molecule has 37 heavy (non-hydrogen) atoms. The molecule has 1 aliphatic heterocycles. The summed E-state index contributed by atoms with van der Waals surface area (Å²) < 4.78 is 115. The number of hydrogen-bond acceptors (Lipinski definition) is 5. The molecule has 2 aromatic carbocycles. The minimum atomic E-state index is -5.03. The maximum absolute atomic E-state index is 14.0. The molecule has 0 radical (unpaired) electrons. The van der Waals surface area contributed by atoms with Gasteiger partial charge < -0.3 is 14.7 Å². The van der Waals surface area contributed by atoms with Gasteiger partial charge in [-0.2, -0.15) is 17.5 Å². The summed E-state index contributed by atoms with van der Waals surface area (Å²) >= 11 is 0. The van der Waals surface area contributed by atoms with Crippen molar-refractivity contribution in [2.45, 2.75) is 43.3 Å². The fourth-order valence-corrected chi connectivity index (χ4v) is 5.39. The van der Waals surface area contributed by atoms with Crippen LogP contribution in [0.15, 0.2) is 41.3 Å². The fraction of sp³-hybridized carbons (Fsp3) is 0.435. The van der Waals surface area contributed by atoms with Crippen LogP contribution in [0, 0.1) is 11.7 Å². The quantitative estimate of drug-likeness (QED) is 0.456. The summed E-state index contributed by atoms with van der Waals surface area (Å²) in [5.74, 6) is -4.08. The highest BCUT2D eigenvalue weighted by Gasteiger charge is 2.42. The first-order valence-corrected chi connectivity index (χ1v) is 12.5. The number of nitrogens with zero attached hydrogens (tertiary/aromatic N) is 2. The van der Waals surface area contributed by atoms with E-state index in [1.807, 2.05) is 0 Å². The van der Waals surface area contributed by atoms with Crippen LogP contribution in [0.4, 0.5) is 37.7 Å². The van der Waals surface area contributed by atoms with Crippen LogP contribution >= 0.6 is 0 Å². The molecule has 0 amide bonds. The lowest BCUT2D eigenvalue weighted by Gasteiger charge is -2.30. The molecular weight excluding hydrogens is 530 g/mol. The van der Waals surface area contributed by atoms with Crippen molar-refractivity contribution in [3.63, 3.8) is 0 Å². The van der Waals surface area contributed by atoms with Crippen LogP contribution in [-0.4, -0.2) is 56.5 Å². The first-order chi connectivity index (χ1) is 17.1. The highest BCUT2D eigenvalue weighted by molar-refractivity contribution is 7.89. The van der Waals surface area contributed by atoms with Gasteiger partial charge >= 0.3 is 12.1 Å². The fourth-order valence-electron chi connectivity index (χ4n) is 3.83. The van der Waals surface area contributed by atoms with E-state index in [1.54, 1.807) is 0 Å². The lowest BCUT2D eigenvalue weighted by molar-refractivity contribution is -0.142. The van der Waals surface area contributed by atoms with Crippen LogP contribution in [0.25, 0.3) is 0 Å². The Morgan fingerprint density at radius 1 is 1.19 bits per heavy atom. The van der Waals surface area contributed by atoms with Gasteiger partial charge in [0, 0.05) is 37.8 Å². The molecule has 0 unspecified atom stereocenters. The summed E-state index contributed by atoms with van der Waals surface area (Å²) in [6.45, 7) is 0.230. The molecule has 1 aliphatic rings. The molecule has 1 heterocycles. The van der Waals surface area contributed by atoms with E-state index in [0.717, 1.165) is 23.5 Å². The zero-order chi connectivity index (χ0) is 27.7. The molecule has 0 saturated heterocycles. The van der Waals surface area contributed by atoms with E-state index in [2.05, 4.69) is 0 Å². The van der Waals surface area contributed by atoms with Crippen LogP contribution in [0.2, 0.25) is 0 Å². The number of carboxylic acid groups (broad SMARTS) is 1. The summed E-state index contributed by atoms with van der Waals surface area (Å²) in [6.07, 6.45) is -8.73. The van der Waals surface area contributed by atoms with Crippen LogP contribution in [-0.2, 0) is 21.0 Å². The number of alkyl halides is 5. The number of anilines is 2. The number of hydrogen-bond donors (Lipinski definition) is 1. The van der Waals surface area contributed by atoms with Crippen molar-refractivity contribution in [2.24, 2.45) is 5.92 Å². The van der Waals surface area contributed by atoms with Crippen molar-refractivity contribution in [3.05, 3.63) is 47.8 Å². The summed E-state index contributed by atoms with van der Waals surface area (Å²) in [5.41, 5.74) is -1.64. The van der Waals surface area contributed by atoms with Crippen LogP contribution in [0.3, 0.4) is 0 Å². The second kappa shape index (κ2) is 10.8. The molecule has 2 aromatic rings. The minimum absolute atomic E-state index is 0.136. The van der Waals surface area contributed by atoms with Gasteiger partial charge in [0.05, 0.1) is 17.2 Å². The number of ether oxygens (including phenoxy) is 1. The molecule has 0 saturated carbocycles. The average molecular weight is 555 g/mol. The monoisotopic (exact) mass is 554 g/mol. The molecule has 204 valence electrons. The molecule has 2 atom stereocenters. The van der Waals surface area contributed by atoms with Gasteiger partial charge in [0.2, 0.25) is 16.4 Å². The number of likely N-dealkylation sites (N-methyl/N-ethyl adjacent to an activating group) is 1. The number of carbonyl (C=O) groups is 1. The molecule has 14 heteroatoms. The van der Waals surface area contributed by atoms with Gasteiger partial charge in [-0.1, -0.05) is 0 Å². The zero-order valence-corrected chi connectivity index (χ0v) is 20.5. The predicted octanol–water partition coefficient (Wildman–Crippen LogP) is 5.13. The lowest BCUT2D eigenvalue weighted by atomic mass is 10.1. The highest BCUT2D eigenvalue weighted by atomic mass is 32.2. The van der Waals surface area contributed by atoms with Crippen LogP contribution in [0.5, 0.6) is 5.75 Å². The Morgan fingerprint density at radius 3 is 2.35 bits per heavy atom. The first-order valence-electron chi connectivity index (χ1n) is 11.0. The van der Waals surface area contributed by atoms with Gasteiger partial charge in [0.15, 0.2) is 0 Å². The van der Waals surface area contributed by atoms with E-state index in [-0.39, 0.29) is 18.7 Å². The average Bonchev–Trinajstić information content (AvgIpc) is 2.88. The van der Waals surface area contributed by atoms with Crippen molar-refractivity contribution in [1.82, 2.24) is 4.31 Å². The smallest absolute Gasteiger partial charge is 0.420 e. The molecule has 0 aromatic heterocycles. The van der Waals surface area contributed by atoms with E-state index in [4.69, 9.17) is 9.84 Å². The maximum atomic E-state index is 14.0. The molecule has 3 rings (SSSR count). The van der Waals surface area contributed by atoms with Crippen molar-refractivity contribution in [2.75, 3.05) is 25.1 Å². The van der Waals surface area contributed by atoms with Crippen LogP contribution in [0.1, 0.15) is 25.3 Å². The standard InChI is InChI=1S/C23H24F6N2O5S/c1-13(22(32)33)12-36-19-10-20-18(9-17(19)23(27,28)29)31(15-5-3-14(24)4-6-15)11-16(7-8-21(25)26)30(2)37(20,34)35/h3-6,9-10,13,16,21H,7-8,11-12H2,1-2H3,(H,32,33)/t13-,16-/m1/s1. The number of aliphatic carboxylic acids is 1. The number of halogens is 6. The van der Waals surface area contributed by atoms with Gasteiger partial charge in [-0.25, -0.2) is 21.6 Å². The zero-order valence-electron chi connectivity index (χ0n) is 19.7. The predicted molar refractivity (Wildman–Crippen MR) is 121 cm³/mol. The van der Waals surface area contributed by atoms with Crippen molar-refractivity contribution in [1.29, 1.82) is 0 Å². The Morgan fingerprint density at radius 2 is 1.81 bits per heavy atom. The molecule has 0 fully saturated rings. The van der Waals surface area contributed by atoms with Gasteiger partial charge in [0.25, 0.3) is 0 Å². The van der Waals surface area contributed by atoms with E-state index >= 15 is 0 Å². The Kier molecular flexibility index (Phi) is 8.32.